The molecule has 1 amide bonds. The van der Waals surface area contributed by atoms with Crippen molar-refractivity contribution >= 4 is 17.4 Å². The number of hydrogen-bond acceptors (Lipinski definition) is 3. The van der Waals surface area contributed by atoms with Crippen molar-refractivity contribution in [2.75, 3.05) is 25.5 Å². The Morgan fingerprint density at radius 2 is 1.64 bits per heavy atom. The number of para-hydroxylation sites is 1. The van der Waals surface area contributed by atoms with Gasteiger partial charge in [-0.3, -0.25) is 9.59 Å². The number of carbonyl (C=O) groups is 2. The van der Waals surface area contributed by atoms with Gasteiger partial charge in [0.05, 0.1) is 12.2 Å². The highest BCUT2D eigenvalue weighted by Gasteiger charge is 2.08. The molecule has 0 aliphatic carbocycles. The van der Waals surface area contributed by atoms with Crippen molar-refractivity contribution in [3.8, 4) is 11.8 Å². The summed E-state index contributed by atoms with van der Waals surface area (Å²) in [6, 6.07) is 16.8. The molecule has 0 aliphatic rings. The van der Waals surface area contributed by atoms with E-state index in [1.807, 2.05) is 61.5 Å². The highest BCUT2D eigenvalue weighted by molar-refractivity contribution is 5.97. The second-order valence-corrected chi connectivity index (χ2v) is 5.78. The minimum absolute atomic E-state index is 0.0262. The zero-order valence-electron chi connectivity index (χ0n) is 14.6. The van der Waals surface area contributed by atoms with E-state index in [4.69, 9.17) is 0 Å². The SMILES string of the molecule is CN(C)c1ccccc1C#CCNC(=O)CCC(=O)c1ccccc1. The van der Waals surface area contributed by atoms with E-state index in [1.54, 1.807) is 12.1 Å². The predicted octanol–water partition coefficient (Wildman–Crippen LogP) is 2.88. The van der Waals surface area contributed by atoms with Crippen LogP contribution in [0, 0.1) is 11.8 Å². The van der Waals surface area contributed by atoms with Gasteiger partial charge < -0.3 is 10.2 Å². The molecule has 1 N–H and O–H groups in total. The van der Waals surface area contributed by atoms with E-state index >= 15 is 0 Å². The topological polar surface area (TPSA) is 49.4 Å². The van der Waals surface area contributed by atoms with Crippen LogP contribution in [0.2, 0.25) is 0 Å². The zero-order chi connectivity index (χ0) is 18.1. The van der Waals surface area contributed by atoms with E-state index in [-0.39, 0.29) is 31.1 Å². The first-order chi connectivity index (χ1) is 12.1. The number of anilines is 1. The number of hydrogen-bond donors (Lipinski definition) is 1. The summed E-state index contributed by atoms with van der Waals surface area (Å²) in [5, 5.41) is 2.73. The number of Topliss-reactive ketones (excluding diaryl/α,β-unsaturated/α-hetero) is 1. The minimum atomic E-state index is -0.167. The molecular formula is C21H22N2O2. The van der Waals surface area contributed by atoms with Gasteiger partial charge >= 0.3 is 0 Å². The molecule has 0 saturated heterocycles. The van der Waals surface area contributed by atoms with E-state index < -0.39 is 0 Å². The van der Waals surface area contributed by atoms with Crippen LogP contribution in [-0.4, -0.2) is 32.3 Å². The molecule has 2 aromatic rings. The van der Waals surface area contributed by atoms with Gasteiger partial charge in [0.15, 0.2) is 5.78 Å². The number of nitrogens with zero attached hydrogens (tertiary/aromatic N) is 1. The summed E-state index contributed by atoms with van der Waals surface area (Å²) < 4.78 is 0. The van der Waals surface area contributed by atoms with E-state index in [2.05, 4.69) is 17.2 Å². The summed E-state index contributed by atoms with van der Waals surface area (Å²) in [7, 11) is 3.93. The molecule has 0 fully saturated rings. The third-order valence-corrected chi connectivity index (χ3v) is 3.66. The molecule has 0 bridgehead atoms. The van der Waals surface area contributed by atoms with E-state index in [1.165, 1.54) is 0 Å². The van der Waals surface area contributed by atoms with Gasteiger partial charge in [-0.1, -0.05) is 54.3 Å². The highest BCUT2D eigenvalue weighted by atomic mass is 16.2. The maximum Gasteiger partial charge on any atom is 0.221 e. The summed E-state index contributed by atoms with van der Waals surface area (Å²) in [6.45, 7) is 0.264. The number of amides is 1. The average molecular weight is 334 g/mol. The van der Waals surface area contributed by atoms with Crippen molar-refractivity contribution in [1.82, 2.24) is 5.32 Å². The third-order valence-electron chi connectivity index (χ3n) is 3.66. The molecule has 2 rings (SSSR count). The number of carbonyl (C=O) groups excluding carboxylic acids is 2. The first kappa shape index (κ1) is 18.3. The van der Waals surface area contributed by atoms with Crippen molar-refractivity contribution in [2.24, 2.45) is 0 Å². The normalized spacial score (nSPS) is 9.68. The van der Waals surface area contributed by atoms with Gasteiger partial charge in [0.25, 0.3) is 0 Å². The molecular weight excluding hydrogens is 312 g/mol. The fourth-order valence-corrected chi connectivity index (χ4v) is 2.34. The van der Waals surface area contributed by atoms with Gasteiger partial charge in [-0.05, 0) is 12.1 Å². The van der Waals surface area contributed by atoms with Gasteiger partial charge in [-0.25, -0.2) is 0 Å². The van der Waals surface area contributed by atoms with E-state index in [0.29, 0.717) is 5.56 Å². The van der Waals surface area contributed by atoms with Gasteiger partial charge in [0.2, 0.25) is 5.91 Å². The first-order valence-electron chi connectivity index (χ1n) is 8.18. The fraction of sp³-hybridized carbons (Fsp3) is 0.238. The van der Waals surface area contributed by atoms with Crippen LogP contribution >= 0.6 is 0 Å². The summed E-state index contributed by atoms with van der Waals surface area (Å²) in [5.74, 6) is 5.83. The standard InChI is InChI=1S/C21H22N2O2/c1-23(2)19-13-7-6-9-17(19)12-8-16-22-21(25)15-14-20(24)18-10-4-3-5-11-18/h3-7,9-11,13H,14-16H2,1-2H3,(H,22,25). The Labute approximate surface area is 148 Å². The monoisotopic (exact) mass is 334 g/mol. The van der Waals surface area contributed by atoms with E-state index in [9.17, 15) is 9.59 Å². The lowest BCUT2D eigenvalue weighted by atomic mass is 10.1. The maximum absolute atomic E-state index is 12.0. The molecule has 0 saturated carbocycles. The van der Waals surface area contributed by atoms with Crippen molar-refractivity contribution in [2.45, 2.75) is 12.8 Å². The van der Waals surface area contributed by atoms with Gasteiger partial charge in [-0.2, -0.15) is 0 Å². The Balaban J connectivity index is 1.79. The molecule has 4 heteroatoms. The van der Waals surface area contributed by atoms with Crippen molar-refractivity contribution in [3.05, 3.63) is 65.7 Å². The van der Waals surface area contributed by atoms with Crippen LogP contribution in [0.5, 0.6) is 0 Å². The van der Waals surface area contributed by atoms with Crippen LogP contribution in [0.25, 0.3) is 0 Å². The maximum atomic E-state index is 12.0. The molecule has 25 heavy (non-hydrogen) atoms. The Bertz CT molecular complexity index is 786. The molecule has 0 aliphatic heterocycles. The third kappa shape index (κ3) is 5.82. The summed E-state index contributed by atoms with van der Waals surface area (Å²) in [4.78, 5) is 25.8. The minimum Gasteiger partial charge on any atom is -0.377 e. The zero-order valence-corrected chi connectivity index (χ0v) is 14.6. The average Bonchev–Trinajstić information content (AvgIpc) is 2.64. The molecule has 0 unspecified atom stereocenters. The molecule has 0 atom stereocenters. The molecule has 0 radical (unpaired) electrons. The smallest absolute Gasteiger partial charge is 0.221 e. The lowest BCUT2D eigenvalue weighted by molar-refractivity contribution is -0.120. The quantitative estimate of drug-likeness (QED) is 0.653. The summed E-state index contributed by atoms with van der Waals surface area (Å²) >= 11 is 0. The van der Waals surface area contributed by atoms with Crippen molar-refractivity contribution in [3.63, 3.8) is 0 Å². The van der Waals surface area contributed by atoms with Crippen LogP contribution in [0.1, 0.15) is 28.8 Å². The fourth-order valence-electron chi connectivity index (χ4n) is 2.34. The molecule has 0 spiro atoms. The van der Waals surface area contributed by atoms with Crippen LogP contribution in [0.4, 0.5) is 5.69 Å². The molecule has 0 aromatic heterocycles. The van der Waals surface area contributed by atoms with Crippen LogP contribution in [-0.2, 0) is 4.79 Å². The second kappa shape index (κ2) is 9.29. The van der Waals surface area contributed by atoms with Gasteiger partial charge in [-0.15, -0.1) is 0 Å². The largest absolute Gasteiger partial charge is 0.377 e. The van der Waals surface area contributed by atoms with Crippen molar-refractivity contribution < 1.29 is 9.59 Å². The predicted molar refractivity (Wildman–Crippen MR) is 101 cm³/mol. The number of nitrogens with one attached hydrogen (secondary N) is 1. The van der Waals surface area contributed by atoms with E-state index in [0.717, 1.165) is 11.3 Å². The molecule has 128 valence electrons. The lowest BCUT2D eigenvalue weighted by Gasteiger charge is -2.13. The number of ketones is 1. The summed E-state index contributed by atoms with van der Waals surface area (Å²) in [6.07, 6.45) is 0.371. The van der Waals surface area contributed by atoms with Gasteiger partial charge in [0, 0.05) is 38.1 Å². The van der Waals surface area contributed by atoms with Crippen molar-refractivity contribution in [1.29, 1.82) is 0 Å². The Morgan fingerprint density at radius 3 is 2.36 bits per heavy atom. The Hall–Kier alpha value is -3.06. The van der Waals surface area contributed by atoms with Crippen LogP contribution < -0.4 is 10.2 Å². The molecule has 2 aromatic carbocycles. The number of benzene rings is 2. The first-order valence-corrected chi connectivity index (χ1v) is 8.18. The van der Waals surface area contributed by atoms with Gasteiger partial charge in [0.1, 0.15) is 0 Å². The Kier molecular flexibility index (Phi) is 6.79. The molecule has 4 nitrogen and oxygen atoms in total. The molecule has 0 heterocycles. The van der Waals surface area contributed by atoms with Crippen LogP contribution in [0.3, 0.4) is 0 Å². The van der Waals surface area contributed by atoms with Crippen LogP contribution in [0.15, 0.2) is 54.6 Å². The lowest BCUT2D eigenvalue weighted by Crippen LogP contribution is -2.24. The Morgan fingerprint density at radius 1 is 0.960 bits per heavy atom. The number of rotatable bonds is 6. The second-order valence-electron chi connectivity index (χ2n) is 5.78. The summed E-state index contributed by atoms with van der Waals surface area (Å²) in [5.41, 5.74) is 2.59. The highest BCUT2D eigenvalue weighted by Crippen LogP contribution is 2.16.